The van der Waals surface area contributed by atoms with Gasteiger partial charge in [-0.25, -0.2) is 0 Å². The molecule has 1 aromatic rings. The largest absolute Gasteiger partial charge is 0.342 e. The Morgan fingerprint density at radius 3 is 2.90 bits per heavy atom. The minimum atomic E-state index is 0.226. The summed E-state index contributed by atoms with van der Waals surface area (Å²) < 4.78 is 0. The SMILES string of the molecule is CC(=O)N1CC[C@]2(CCCN(Cc3ccccn3)C2)C1. The van der Waals surface area contributed by atoms with Crippen LogP contribution in [-0.4, -0.2) is 46.9 Å². The molecule has 2 saturated heterocycles. The number of aromatic nitrogens is 1. The van der Waals surface area contributed by atoms with E-state index in [2.05, 4.69) is 22.0 Å². The number of likely N-dealkylation sites (tertiary alicyclic amines) is 2. The Kier molecular flexibility index (Phi) is 3.74. The van der Waals surface area contributed by atoms with Crippen LogP contribution in [0.3, 0.4) is 0 Å². The summed E-state index contributed by atoms with van der Waals surface area (Å²) in [7, 11) is 0. The van der Waals surface area contributed by atoms with Crippen molar-refractivity contribution in [2.45, 2.75) is 32.7 Å². The topological polar surface area (TPSA) is 36.4 Å². The van der Waals surface area contributed by atoms with E-state index in [-0.39, 0.29) is 5.91 Å². The van der Waals surface area contributed by atoms with E-state index in [4.69, 9.17) is 0 Å². The fraction of sp³-hybridized carbons (Fsp3) is 0.625. The van der Waals surface area contributed by atoms with E-state index in [1.807, 2.05) is 17.2 Å². The third-order valence-corrected chi connectivity index (χ3v) is 4.74. The van der Waals surface area contributed by atoms with Crippen LogP contribution >= 0.6 is 0 Å². The maximum atomic E-state index is 11.5. The van der Waals surface area contributed by atoms with Crippen molar-refractivity contribution < 1.29 is 4.79 Å². The highest BCUT2D eigenvalue weighted by Crippen LogP contribution is 2.39. The van der Waals surface area contributed by atoms with Gasteiger partial charge in [0.15, 0.2) is 0 Å². The van der Waals surface area contributed by atoms with E-state index < -0.39 is 0 Å². The second-order valence-electron chi connectivity index (χ2n) is 6.33. The fourth-order valence-electron chi connectivity index (χ4n) is 3.70. The van der Waals surface area contributed by atoms with E-state index in [0.717, 1.165) is 44.8 Å². The molecule has 4 nitrogen and oxygen atoms in total. The highest BCUT2D eigenvalue weighted by Gasteiger charge is 2.41. The van der Waals surface area contributed by atoms with Crippen molar-refractivity contribution in [3.8, 4) is 0 Å². The van der Waals surface area contributed by atoms with Gasteiger partial charge in [-0.3, -0.25) is 14.7 Å². The van der Waals surface area contributed by atoms with Gasteiger partial charge in [0.25, 0.3) is 0 Å². The van der Waals surface area contributed by atoms with Crippen LogP contribution in [0.15, 0.2) is 24.4 Å². The number of amides is 1. The molecule has 3 rings (SSSR count). The number of piperidine rings is 1. The zero-order chi connectivity index (χ0) is 14.0. The molecule has 1 aromatic heterocycles. The first kappa shape index (κ1) is 13.6. The third-order valence-electron chi connectivity index (χ3n) is 4.74. The van der Waals surface area contributed by atoms with Crippen LogP contribution in [0.25, 0.3) is 0 Å². The van der Waals surface area contributed by atoms with Crippen LogP contribution in [0.1, 0.15) is 31.9 Å². The molecule has 0 bridgehead atoms. The average Bonchev–Trinajstić information content (AvgIpc) is 2.84. The zero-order valence-corrected chi connectivity index (χ0v) is 12.2. The highest BCUT2D eigenvalue weighted by atomic mass is 16.2. The summed E-state index contributed by atoms with van der Waals surface area (Å²) in [5.74, 6) is 0.226. The quantitative estimate of drug-likeness (QED) is 0.826. The number of hydrogen-bond donors (Lipinski definition) is 0. The van der Waals surface area contributed by atoms with Gasteiger partial charge in [-0.05, 0) is 37.9 Å². The number of carbonyl (C=O) groups excluding carboxylic acids is 1. The van der Waals surface area contributed by atoms with Crippen molar-refractivity contribution >= 4 is 5.91 Å². The molecule has 3 heterocycles. The lowest BCUT2D eigenvalue weighted by atomic mass is 9.79. The zero-order valence-electron chi connectivity index (χ0n) is 12.2. The maximum Gasteiger partial charge on any atom is 0.219 e. The predicted octanol–water partition coefficient (Wildman–Crippen LogP) is 1.92. The van der Waals surface area contributed by atoms with Gasteiger partial charge in [-0.1, -0.05) is 6.07 Å². The van der Waals surface area contributed by atoms with E-state index in [1.165, 1.54) is 12.8 Å². The Bertz CT molecular complexity index is 476. The minimum absolute atomic E-state index is 0.226. The minimum Gasteiger partial charge on any atom is -0.342 e. The predicted molar refractivity (Wildman–Crippen MR) is 78.1 cm³/mol. The lowest BCUT2D eigenvalue weighted by Gasteiger charge is -2.40. The van der Waals surface area contributed by atoms with Crippen LogP contribution in [0.4, 0.5) is 0 Å². The smallest absolute Gasteiger partial charge is 0.219 e. The summed E-state index contributed by atoms with van der Waals surface area (Å²) >= 11 is 0. The molecule has 20 heavy (non-hydrogen) atoms. The molecular formula is C16H23N3O. The van der Waals surface area contributed by atoms with Gasteiger partial charge in [-0.2, -0.15) is 0 Å². The van der Waals surface area contributed by atoms with Crippen molar-refractivity contribution in [1.29, 1.82) is 0 Å². The Balaban J connectivity index is 1.64. The van der Waals surface area contributed by atoms with Crippen LogP contribution in [-0.2, 0) is 11.3 Å². The third kappa shape index (κ3) is 2.85. The first-order valence-corrected chi connectivity index (χ1v) is 7.55. The van der Waals surface area contributed by atoms with Crippen LogP contribution in [0.5, 0.6) is 0 Å². The van der Waals surface area contributed by atoms with Crippen molar-refractivity contribution in [3.05, 3.63) is 30.1 Å². The molecule has 1 amide bonds. The Hall–Kier alpha value is -1.42. The summed E-state index contributed by atoms with van der Waals surface area (Å²) in [6, 6.07) is 6.11. The molecule has 1 spiro atoms. The number of carbonyl (C=O) groups is 1. The average molecular weight is 273 g/mol. The summed E-state index contributed by atoms with van der Waals surface area (Å²) in [5, 5.41) is 0. The molecule has 108 valence electrons. The Labute approximate surface area is 120 Å². The summed E-state index contributed by atoms with van der Waals surface area (Å²) in [6.07, 6.45) is 5.52. The number of rotatable bonds is 2. The molecule has 0 radical (unpaired) electrons. The van der Waals surface area contributed by atoms with Gasteiger partial charge < -0.3 is 4.90 Å². The van der Waals surface area contributed by atoms with E-state index in [0.29, 0.717) is 5.41 Å². The lowest BCUT2D eigenvalue weighted by Crippen LogP contribution is -2.44. The molecule has 2 aliphatic rings. The summed E-state index contributed by atoms with van der Waals surface area (Å²) in [6.45, 7) is 6.76. The van der Waals surface area contributed by atoms with E-state index in [9.17, 15) is 4.79 Å². The molecule has 0 saturated carbocycles. The summed E-state index contributed by atoms with van der Waals surface area (Å²) in [5.41, 5.74) is 1.48. The fourth-order valence-corrected chi connectivity index (χ4v) is 3.70. The standard InChI is InChI=1S/C16H23N3O/c1-14(20)19-10-7-16(13-19)6-4-9-18(12-16)11-15-5-2-3-8-17-15/h2-3,5,8H,4,6-7,9-13H2,1H3/t16-/m0/s1. The first-order chi connectivity index (χ1) is 9.67. The Morgan fingerprint density at radius 2 is 2.20 bits per heavy atom. The first-order valence-electron chi connectivity index (χ1n) is 7.55. The van der Waals surface area contributed by atoms with Crippen molar-refractivity contribution in [3.63, 3.8) is 0 Å². The molecule has 0 N–H and O–H groups in total. The van der Waals surface area contributed by atoms with E-state index in [1.54, 1.807) is 6.92 Å². The van der Waals surface area contributed by atoms with Gasteiger partial charge in [0.05, 0.1) is 5.69 Å². The molecule has 0 aliphatic carbocycles. The monoisotopic (exact) mass is 273 g/mol. The Morgan fingerprint density at radius 1 is 1.30 bits per heavy atom. The van der Waals surface area contributed by atoms with Crippen LogP contribution < -0.4 is 0 Å². The van der Waals surface area contributed by atoms with Gasteiger partial charge in [0.2, 0.25) is 5.91 Å². The number of nitrogens with zero attached hydrogens (tertiary/aromatic N) is 3. The second kappa shape index (κ2) is 5.52. The van der Waals surface area contributed by atoms with Crippen LogP contribution in [0.2, 0.25) is 0 Å². The lowest BCUT2D eigenvalue weighted by molar-refractivity contribution is -0.128. The van der Waals surface area contributed by atoms with Gasteiger partial charge in [0.1, 0.15) is 0 Å². The molecule has 2 aliphatic heterocycles. The highest BCUT2D eigenvalue weighted by molar-refractivity contribution is 5.73. The molecule has 1 atom stereocenters. The molecule has 0 aromatic carbocycles. The molecule has 0 unspecified atom stereocenters. The van der Waals surface area contributed by atoms with Crippen molar-refractivity contribution in [1.82, 2.24) is 14.8 Å². The molecule has 4 heteroatoms. The number of pyridine rings is 1. The number of hydrogen-bond acceptors (Lipinski definition) is 3. The van der Waals surface area contributed by atoms with Gasteiger partial charge in [0, 0.05) is 44.7 Å². The van der Waals surface area contributed by atoms with Crippen molar-refractivity contribution in [2.24, 2.45) is 5.41 Å². The van der Waals surface area contributed by atoms with E-state index >= 15 is 0 Å². The normalized spacial score (nSPS) is 27.1. The maximum absolute atomic E-state index is 11.5. The second-order valence-corrected chi connectivity index (χ2v) is 6.33. The van der Waals surface area contributed by atoms with Gasteiger partial charge >= 0.3 is 0 Å². The molecular weight excluding hydrogens is 250 g/mol. The van der Waals surface area contributed by atoms with Crippen LogP contribution in [0, 0.1) is 5.41 Å². The summed E-state index contributed by atoms with van der Waals surface area (Å²) in [4.78, 5) is 20.5. The van der Waals surface area contributed by atoms with Gasteiger partial charge in [-0.15, -0.1) is 0 Å². The molecule has 2 fully saturated rings. The van der Waals surface area contributed by atoms with Crippen molar-refractivity contribution in [2.75, 3.05) is 26.2 Å².